The molecule has 0 saturated carbocycles. The molecule has 3 aromatic rings. The lowest BCUT2D eigenvalue weighted by molar-refractivity contribution is 0.102. The molecule has 0 radical (unpaired) electrons. The molecule has 1 amide bonds. The number of hydrogen-bond acceptors (Lipinski definition) is 3. The number of aromatic nitrogens is 2. The van der Waals surface area contributed by atoms with Gasteiger partial charge in [0.25, 0.3) is 5.91 Å². The van der Waals surface area contributed by atoms with E-state index < -0.39 is 0 Å². The number of rotatable bonds is 3. The number of nitrogens with zero attached hydrogens (tertiary/aromatic N) is 2. The van der Waals surface area contributed by atoms with Gasteiger partial charge in [-0.1, -0.05) is 24.3 Å². The third kappa shape index (κ3) is 2.97. The summed E-state index contributed by atoms with van der Waals surface area (Å²) in [6.07, 6.45) is 5.13. The molecule has 4 rings (SSSR count). The monoisotopic (exact) mass is 365 g/mol. The Morgan fingerprint density at radius 1 is 1.27 bits per heavy atom. The fraction of sp³-hybridized carbons (Fsp3) is 0.333. The van der Waals surface area contributed by atoms with Crippen LogP contribution in [0.4, 0.5) is 5.82 Å². The molecule has 0 bridgehead atoms. The van der Waals surface area contributed by atoms with Crippen LogP contribution in [0.25, 0.3) is 0 Å². The predicted octanol–water partition coefficient (Wildman–Crippen LogP) is 5.05. The van der Waals surface area contributed by atoms with E-state index in [0.717, 1.165) is 46.0 Å². The molecule has 4 nitrogen and oxygen atoms in total. The maximum atomic E-state index is 12.8. The van der Waals surface area contributed by atoms with E-state index in [4.69, 9.17) is 0 Å². The molecule has 134 valence electrons. The molecule has 1 aliphatic carbocycles. The van der Waals surface area contributed by atoms with Crippen LogP contribution in [0.15, 0.2) is 36.5 Å². The van der Waals surface area contributed by atoms with Crippen LogP contribution in [0.3, 0.4) is 0 Å². The summed E-state index contributed by atoms with van der Waals surface area (Å²) in [5, 5.41) is 7.74. The van der Waals surface area contributed by atoms with Gasteiger partial charge < -0.3 is 5.32 Å². The number of aryl methyl sites for hydroxylation is 4. The molecule has 1 unspecified atom stereocenters. The zero-order chi connectivity index (χ0) is 18.3. The number of anilines is 1. The predicted molar refractivity (Wildman–Crippen MR) is 106 cm³/mol. The molecule has 0 saturated heterocycles. The Labute approximate surface area is 157 Å². The van der Waals surface area contributed by atoms with Crippen molar-refractivity contribution in [2.75, 3.05) is 5.32 Å². The molecule has 0 spiro atoms. The van der Waals surface area contributed by atoms with Crippen molar-refractivity contribution >= 4 is 23.1 Å². The summed E-state index contributed by atoms with van der Waals surface area (Å²) in [7, 11) is 0. The highest BCUT2D eigenvalue weighted by atomic mass is 32.1. The SMILES string of the molecule is Cc1cc(C(=O)Nc2c(C)cnn2C2CCCc3ccccc32)c(C)s1. The Hall–Kier alpha value is -2.40. The second-order valence-corrected chi connectivity index (χ2v) is 8.47. The summed E-state index contributed by atoms with van der Waals surface area (Å²) >= 11 is 1.65. The number of amides is 1. The summed E-state index contributed by atoms with van der Waals surface area (Å²) in [5.74, 6) is 0.751. The third-order valence-corrected chi connectivity index (χ3v) is 6.09. The van der Waals surface area contributed by atoms with E-state index in [-0.39, 0.29) is 11.9 Å². The number of carbonyl (C=O) groups excluding carboxylic acids is 1. The molecule has 26 heavy (non-hydrogen) atoms. The van der Waals surface area contributed by atoms with Crippen LogP contribution in [-0.4, -0.2) is 15.7 Å². The van der Waals surface area contributed by atoms with Crippen LogP contribution in [0, 0.1) is 20.8 Å². The van der Waals surface area contributed by atoms with Crippen molar-refractivity contribution < 1.29 is 4.79 Å². The molecule has 5 heteroatoms. The first kappa shape index (κ1) is 17.0. The minimum atomic E-state index is -0.0548. The van der Waals surface area contributed by atoms with Gasteiger partial charge in [-0.05, 0) is 57.2 Å². The number of benzene rings is 1. The topological polar surface area (TPSA) is 46.9 Å². The highest BCUT2D eigenvalue weighted by molar-refractivity contribution is 7.12. The second-order valence-electron chi connectivity index (χ2n) is 7.01. The van der Waals surface area contributed by atoms with Gasteiger partial charge in [0.2, 0.25) is 0 Å². The van der Waals surface area contributed by atoms with E-state index in [1.54, 1.807) is 11.3 Å². The van der Waals surface area contributed by atoms with Gasteiger partial charge in [-0.2, -0.15) is 5.10 Å². The molecule has 2 aromatic heterocycles. The van der Waals surface area contributed by atoms with Gasteiger partial charge in [0, 0.05) is 15.3 Å². The fourth-order valence-electron chi connectivity index (χ4n) is 3.85. The summed E-state index contributed by atoms with van der Waals surface area (Å²) in [4.78, 5) is 15.0. The van der Waals surface area contributed by atoms with Gasteiger partial charge in [0.05, 0.1) is 17.8 Å². The van der Waals surface area contributed by atoms with Gasteiger partial charge >= 0.3 is 0 Å². The summed E-state index contributed by atoms with van der Waals surface area (Å²) in [6, 6.07) is 10.7. The van der Waals surface area contributed by atoms with Crippen molar-refractivity contribution in [3.05, 3.63) is 68.5 Å². The van der Waals surface area contributed by atoms with Crippen molar-refractivity contribution in [1.82, 2.24) is 9.78 Å². The zero-order valence-electron chi connectivity index (χ0n) is 15.4. The number of fused-ring (bicyclic) bond motifs is 1. The molecule has 1 N–H and O–H groups in total. The highest BCUT2D eigenvalue weighted by Gasteiger charge is 2.25. The van der Waals surface area contributed by atoms with Crippen LogP contribution in [0.2, 0.25) is 0 Å². The smallest absolute Gasteiger partial charge is 0.257 e. The first-order valence-corrected chi connectivity index (χ1v) is 9.86. The lowest BCUT2D eigenvalue weighted by Crippen LogP contribution is -2.22. The molecule has 1 aromatic carbocycles. The van der Waals surface area contributed by atoms with E-state index >= 15 is 0 Å². The normalized spacial score (nSPS) is 16.3. The Kier molecular flexibility index (Phi) is 4.41. The van der Waals surface area contributed by atoms with E-state index in [2.05, 4.69) is 34.7 Å². The summed E-state index contributed by atoms with van der Waals surface area (Å²) in [6.45, 7) is 6.02. The van der Waals surface area contributed by atoms with Gasteiger partial charge in [-0.25, -0.2) is 4.68 Å². The first-order valence-electron chi connectivity index (χ1n) is 9.05. The Bertz CT molecular complexity index is 970. The quantitative estimate of drug-likeness (QED) is 0.706. The molecule has 1 atom stereocenters. The van der Waals surface area contributed by atoms with Crippen LogP contribution in [0.1, 0.15) is 55.7 Å². The van der Waals surface area contributed by atoms with E-state index in [0.29, 0.717) is 0 Å². The van der Waals surface area contributed by atoms with E-state index in [1.807, 2.05) is 37.7 Å². The maximum Gasteiger partial charge on any atom is 0.257 e. The molecular weight excluding hydrogens is 342 g/mol. The first-order chi connectivity index (χ1) is 12.5. The molecule has 0 aliphatic heterocycles. The van der Waals surface area contributed by atoms with Crippen molar-refractivity contribution in [2.45, 2.75) is 46.1 Å². The van der Waals surface area contributed by atoms with Crippen LogP contribution < -0.4 is 5.32 Å². The number of carbonyl (C=O) groups is 1. The van der Waals surface area contributed by atoms with Gasteiger partial charge in [0.1, 0.15) is 5.82 Å². The maximum absolute atomic E-state index is 12.8. The lowest BCUT2D eigenvalue weighted by Gasteiger charge is -2.27. The van der Waals surface area contributed by atoms with E-state index in [9.17, 15) is 4.79 Å². The average molecular weight is 366 g/mol. The van der Waals surface area contributed by atoms with Gasteiger partial charge in [0.15, 0.2) is 0 Å². The van der Waals surface area contributed by atoms with E-state index in [1.165, 1.54) is 11.1 Å². The van der Waals surface area contributed by atoms with Crippen molar-refractivity contribution in [2.24, 2.45) is 0 Å². The minimum absolute atomic E-state index is 0.0548. The molecule has 0 fully saturated rings. The minimum Gasteiger partial charge on any atom is -0.306 e. The van der Waals surface area contributed by atoms with Crippen molar-refractivity contribution in [3.63, 3.8) is 0 Å². The van der Waals surface area contributed by atoms with Crippen molar-refractivity contribution in [1.29, 1.82) is 0 Å². The van der Waals surface area contributed by atoms with Crippen molar-refractivity contribution in [3.8, 4) is 0 Å². The average Bonchev–Trinajstić information content (AvgIpc) is 3.16. The largest absolute Gasteiger partial charge is 0.306 e. The number of thiophene rings is 1. The number of hydrogen-bond donors (Lipinski definition) is 1. The standard InChI is InChI=1S/C21H23N3OS/c1-13-12-22-24(19-10-6-8-16-7-4-5-9-17(16)19)20(13)23-21(25)18-11-14(2)26-15(18)3/h4-5,7,9,11-12,19H,6,8,10H2,1-3H3,(H,23,25). The Morgan fingerprint density at radius 3 is 2.85 bits per heavy atom. The third-order valence-electron chi connectivity index (χ3n) is 5.13. The van der Waals surface area contributed by atoms with Crippen LogP contribution >= 0.6 is 11.3 Å². The second kappa shape index (κ2) is 6.72. The summed E-state index contributed by atoms with van der Waals surface area (Å²) in [5.41, 5.74) is 4.45. The van der Waals surface area contributed by atoms with Crippen LogP contribution in [-0.2, 0) is 6.42 Å². The van der Waals surface area contributed by atoms with Gasteiger partial charge in [-0.15, -0.1) is 11.3 Å². The van der Waals surface area contributed by atoms with Crippen LogP contribution in [0.5, 0.6) is 0 Å². The Morgan fingerprint density at radius 2 is 2.08 bits per heavy atom. The van der Waals surface area contributed by atoms with Gasteiger partial charge in [-0.3, -0.25) is 4.79 Å². The summed E-state index contributed by atoms with van der Waals surface area (Å²) < 4.78 is 2.00. The lowest BCUT2D eigenvalue weighted by atomic mass is 9.88. The zero-order valence-corrected chi connectivity index (χ0v) is 16.2. The Balaban J connectivity index is 1.69. The fourth-order valence-corrected chi connectivity index (χ4v) is 4.78. The molecule has 2 heterocycles. The highest BCUT2D eigenvalue weighted by Crippen LogP contribution is 2.35. The molecule has 1 aliphatic rings. The number of nitrogens with one attached hydrogen (secondary N) is 1. The molecular formula is C21H23N3OS.